The highest BCUT2D eigenvalue weighted by Gasteiger charge is 2.07. The van der Waals surface area contributed by atoms with Gasteiger partial charge in [0.2, 0.25) is 5.91 Å². The van der Waals surface area contributed by atoms with Crippen LogP contribution in [0.25, 0.3) is 0 Å². The van der Waals surface area contributed by atoms with Crippen molar-refractivity contribution in [2.24, 2.45) is 0 Å². The van der Waals surface area contributed by atoms with Gasteiger partial charge in [0, 0.05) is 15.4 Å². The molecule has 17 heavy (non-hydrogen) atoms. The number of benzene rings is 1. The van der Waals surface area contributed by atoms with Crippen LogP contribution in [0.2, 0.25) is 0 Å². The van der Waals surface area contributed by atoms with Crippen LogP contribution in [0.1, 0.15) is 6.92 Å². The Morgan fingerprint density at radius 1 is 1.41 bits per heavy atom. The molecular weight excluding hydrogens is 306 g/mol. The zero-order valence-electron chi connectivity index (χ0n) is 9.10. The number of carboxylic acids is 1. The minimum Gasteiger partial charge on any atom is -0.549 e. The first-order valence-corrected chi connectivity index (χ1v) is 6.71. The molecule has 0 saturated carbocycles. The molecule has 0 unspecified atom stereocenters. The Balaban J connectivity index is 2.39. The molecule has 0 aromatic heterocycles. The lowest BCUT2D eigenvalue weighted by molar-refractivity contribution is -0.304. The fraction of sp³-hybridized carbons (Fsp3) is 0.273. The highest BCUT2D eigenvalue weighted by Crippen LogP contribution is 2.15. The van der Waals surface area contributed by atoms with E-state index in [1.807, 2.05) is 12.1 Å². The predicted octanol–water partition coefficient (Wildman–Crippen LogP) is 1.26. The quantitative estimate of drug-likeness (QED) is 0.888. The molecule has 0 aliphatic heterocycles. The lowest BCUT2D eigenvalue weighted by atomic mass is 10.3. The molecule has 0 heterocycles. The summed E-state index contributed by atoms with van der Waals surface area (Å²) in [6.07, 6.45) is 0. The van der Waals surface area contributed by atoms with Crippen molar-refractivity contribution in [1.29, 1.82) is 0 Å². The number of aliphatic carboxylic acids is 1. The van der Waals surface area contributed by atoms with Crippen molar-refractivity contribution in [3.63, 3.8) is 0 Å². The Hall–Kier alpha value is -1.01. The molecule has 0 aliphatic rings. The lowest BCUT2D eigenvalue weighted by Gasteiger charge is -2.11. The molecule has 1 atom stereocenters. The van der Waals surface area contributed by atoms with Gasteiger partial charge < -0.3 is 15.2 Å². The average Bonchev–Trinajstić information content (AvgIpc) is 2.29. The van der Waals surface area contributed by atoms with Crippen LogP contribution >= 0.6 is 27.7 Å². The van der Waals surface area contributed by atoms with Crippen LogP contribution in [-0.2, 0) is 9.59 Å². The molecule has 1 amide bonds. The Morgan fingerprint density at radius 3 is 2.53 bits per heavy atom. The maximum atomic E-state index is 11.5. The topological polar surface area (TPSA) is 69.2 Å². The molecule has 0 spiro atoms. The van der Waals surface area contributed by atoms with E-state index < -0.39 is 11.2 Å². The molecule has 1 rings (SSSR count). The average molecular weight is 317 g/mol. The fourth-order valence-corrected chi connectivity index (χ4v) is 1.87. The third-order valence-corrected chi connectivity index (χ3v) is 3.57. The number of anilines is 1. The van der Waals surface area contributed by atoms with Crippen molar-refractivity contribution in [3.05, 3.63) is 28.7 Å². The van der Waals surface area contributed by atoms with Gasteiger partial charge in [-0.25, -0.2) is 0 Å². The minimum absolute atomic E-state index is 0.0885. The van der Waals surface area contributed by atoms with Crippen molar-refractivity contribution in [1.82, 2.24) is 0 Å². The van der Waals surface area contributed by atoms with Crippen LogP contribution in [0, 0.1) is 0 Å². The first-order valence-electron chi connectivity index (χ1n) is 4.87. The molecule has 1 aromatic carbocycles. The van der Waals surface area contributed by atoms with Crippen LogP contribution in [0.15, 0.2) is 28.7 Å². The zero-order valence-corrected chi connectivity index (χ0v) is 11.5. The molecule has 1 N–H and O–H groups in total. The maximum absolute atomic E-state index is 11.5. The normalized spacial score (nSPS) is 11.9. The van der Waals surface area contributed by atoms with Gasteiger partial charge in [0.15, 0.2) is 0 Å². The summed E-state index contributed by atoms with van der Waals surface area (Å²) in [7, 11) is 0. The van der Waals surface area contributed by atoms with Crippen molar-refractivity contribution < 1.29 is 14.7 Å². The largest absolute Gasteiger partial charge is 0.549 e. The van der Waals surface area contributed by atoms with Crippen LogP contribution < -0.4 is 10.4 Å². The third kappa shape index (κ3) is 5.23. The van der Waals surface area contributed by atoms with E-state index in [1.54, 1.807) is 12.1 Å². The Kier molecular flexibility index (Phi) is 5.50. The number of carbonyl (C=O) groups excluding carboxylic acids is 2. The lowest BCUT2D eigenvalue weighted by Crippen LogP contribution is -2.32. The first-order chi connectivity index (χ1) is 7.99. The number of hydrogen-bond donors (Lipinski definition) is 1. The van der Waals surface area contributed by atoms with Crippen molar-refractivity contribution in [3.8, 4) is 0 Å². The van der Waals surface area contributed by atoms with Gasteiger partial charge in [-0.1, -0.05) is 15.9 Å². The van der Waals surface area contributed by atoms with Gasteiger partial charge in [-0.15, -0.1) is 11.8 Å². The number of thioether (sulfide) groups is 1. The standard InChI is InChI=1S/C11H12BrNO3S/c1-7(11(15)16)17-6-10(14)13-9-4-2-8(12)3-5-9/h2-5,7H,6H2,1H3,(H,13,14)(H,15,16)/p-1/t7-/m1/s1. The number of carboxylic acid groups (broad SMARTS) is 1. The van der Waals surface area contributed by atoms with Gasteiger partial charge in [-0.05, 0) is 31.2 Å². The summed E-state index contributed by atoms with van der Waals surface area (Å²) >= 11 is 4.32. The molecule has 92 valence electrons. The monoisotopic (exact) mass is 316 g/mol. The second kappa shape index (κ2) is 6.66. The van der Waals surface area contributed by atoms with Crippen molar-refractivity contribution >= 4 is 45.3 Å². The summed E-state index contributed by atoms with van der Waals surface area (Å²) in [5.41, 5.74) is 0.680. The number of amides is 1. The maximum Gasteiger partial charge on any atom is 0.234 e. The number of halogens is 1. The third-order valence-electron chi connectivity index (χ3n) is 1.92. The Bertz CT molecular complexity index is 408. The van der Waals surface area contributed by atoms with Crippen molar-refractivity contribution in [2.45, 2.75) is 12.2 Å². The smallest absolute Gasteiger partial charge is 0.234 e. The van der Waals surface area contributed by atoms with E-state index in [0.29, 0.717) is 5.69 Å². The van der Waals surface area contributed by atoms with E-state index in [1.165, 1.54) is 6.92 Å². The molecule has 0 aliphatic carbocycles. The molecule has 4 nitrogen and oxygen atoms in total. The van der Waals surface area contributed by atoms with Gasteiger partial charge in [0.25, 0.3) is 0 Å². The summed E-state index contributed by atoms with van der Waals surface area (Å²) < 4.78 is 0.926. The number of carbonyl (C=O) groups is 2. The molecule has 0 fully saturated rings. The predicted molar refractivity (Wildman–Crippen MR) is 69.7 cm³/mol. The summed E-state index contributed by atoms with van der Waals surface area (Å²) in [5.74, 6) is -1.30. The summed E-state index contributed by atoms with van der Waals surface area (Å²) in [6.45, 7) is 1.49. The SMILES string of the molecule is C[C@@H](SCC(=O)Nc1ccc(Br)cc1)C(=O)[O-]. The highest BCUT2D eigenvalue weighted by atomic mass is 79.9. The number of rotatable bonds is 5. The molecule has 1 aromatic rings. The number of nitrogens with one attached hydrogen (secondary N) is 1. The van der Waals surface area contributed by atoms with E-state index in [4.69, 9.17) is 0 Å². The van der Waals surface area contributed by atoms with E-state index in [0.717, 1.165) is 16.2 Å². The molecule has 0 bridgehead atoms. The van der Waals surface area contributed by atoms with Crippen LogP contribution in [-0.4, -0.2) is 22.9 Å². The second-order valence-corrected chi connectivity index (χ2v) is 5.57. The van der Waals surface area contributed by atoms with E-state index >= 15 is 0 Å². The Labute approximate surface area is 112 Å². The molecule has 6 heteroatoms. The number of hydrogen-bond acceptors (Lipinski definition) is 4. The van der Waals surface area contributed by atoms with E-state index in [-0.39, 0.29) is 11.7 Å². The van der Waals surface area contributed by atoms with Gasteiger partial charge in [-0.2, -0.15) is 0 Å². The second-order valence-electron chi connectivity index (χ2n) is 3.33. The summed E-state index contributed by atoms with van der Waals surface area (Å²) in [5, 5.41) is 12.4. The molecule has 0 saturated heterocycles. The van der Waals surface area contributed by atoms with Crippen LogP contribution in [0.3, 0.4) is 0 Å². The van der Waals surface area contributed by atoms with Crippen LogP contribution in [0.4, 0.5) is 5.69 Å². The Morgan fingerprint density at radius 2 is 2.00 bits per heavy atom. The highest BCUT2D eigenvalue weighted by molar-refractivity contribution is 9.10. The zero-order chi connectivity index (χ0) is 12.8. The fourth-order valence-electron chi connectivity index (χ4n) is 0.999. The minimum atomic E-state index is -1.16. The van der Waals surface area contributed by atoms with Crippen LogP contribution in [0.5, 0.6) is 0 Å². The van der Waals surface area contributed by atoms with E-state index in [2.05, 4.69) is 21.2 Å². The van der Waals surface area contributed by atoms with Gasteiger partial charge in [0.1, 0.15) is 0 Å². The van der Waals surface area contributed by atoms with Gasteiger partial charge >= 0.3 is 0 Å². The summed E-state index contributed by atoms with van der Waals surface area (Å²) in [4.78, 5) is 21.9. The van der Waals surface area contributed by atoms with E-state index in [9.17, 15) is 14.7 Å². The molecule has 0 radical (unpaired) electrons. The van der Waals surface area contributed by atoms with Crippen molar-refractivity contribution in [2.75, 3.05) is 11.1 Å². The first kappa shape index (κ1) is 14.1. The summed E-state index contributed by atoms with van der Waals surface area (Å²) in [6, 6.07) is 7.14. The van der Waals surface area contributed by atoms with Gasteiger partial charge in [0.05, 0.1) is 11.7 Å². The van der Waals surface area contributed by atoms with Gasteiger partial charge in [-0.3, -0.25) is 4.79 Å². The molecular formula is C11H11BrNO3S-.